The second kappa shape index (κ2) is 6.83. The van der Waals surface area contributed by atoms with Gasteiger partial charge in [-0.15, -0.1) is 11.3 Å². The first-order chi connectivity index (χ1) is 9.31. The van der Waals surface area contributed by atoms with Gasteiger partial charge in [-0.3, -0.25) is 4.79 Å². The molecule has 0 fully saturated rings. The minimum absolute atomic E-state index is 0.112. The van der Waals surface area contributed by atoms with Gasteiger partial charge >= 0.3 is 5.97 Å². The van der Waals surface area contributed by atoms with Crippen molar-refractivity contribution in [3.8, 4) is 6.07 Å². The van der Waals surface area contributed by atoms with Crippen LogP contribution in [0.5, 0.6) is 0 Å². The normalized spacial score (nSPS) is 13.1. The van der Waals surface area contributed by atoms with E-state index in [9.17, 15) is 13.2 Å². The maximum atomic E-state index is 12.4. The Morgan fingerprint density at radius 2 is 2.20 bits per heavy atom. The lowest BCUT2D eigenvalue weighted by atomic mass is 10.2. The van der Waals surface area contributed by atoms with Gasteiger partial charge in [-0.2, -0.15) is 9.57 Å². The predicted octanol–water partition coefficient (Wildman–Crippen LogP) is 1.55. The van der Waals surface area contributed by atoms with Gasteiger partial charge in [0.05, 0.1) is 18.4 Å². The Balaban J connectivity index is 2.99. The molecule has 0 aromatic carbocycles. The smallest absolute Gasteiger partial charge is 0.308 e. The first-order valence-corrected chi connectivity index (χ1v) is 8.27. The average Bonchev–Trinajstić information content (AvgIpc) is 2.83. The van der Waals surface area contributed by atoms with Gasteiger partial charge in [0, 0.05) is 18.0 Å². The summed E-state index contributed by atoms with van der Waals surface area (Å²) in [5.74, 6) is -1.40. The summed E-state index contributed by atoms with van der Waals surface area (Å²) in [4.78, 5) is 11.1. The SMILES string of the molecule is CCN(CC(C)C#N)S(=O)(=O)c1ccc(CC(=O)O)s1. The van der Waals surface area contributed by atoms with E-state index in [1.54, 1.807) is 13.8 Å². The summed E-state index contributed by atoms with van der Waals surface area (Å²) < 4.78 is 26.1. The van der Waals surface area contributed by atoms with Crippen molar-refractivity contribution in [2.45, 2.75) is 24.5 Å². The molecule has 0 amide bonds. The number of carboxylic acids is 1. The molecule has 6 nitrogen and oxygen atoms in total. The van der Waals surface area contributed by atoms with Crippen LogP contribution in [-0.2, 0) is 21.2 Å². The Bertz CT molecular complexity index is 616. The molecule has 110 valence electrons. The highest BCUT2D eigenvalue weighted by Gasteiger charge is 2.26. The highest BCUT2D eigenvalue weighted by Crippen LogP contribution is 2.25. The summed E-state index contributed by atoms with van der Waals surface area (Å²) in [6, 6.07) is 4.93. The van der Waals surface area contributed by atoms with Gasteiger partial charge in [0.25, 0.3) is 10.0 Å². The predicted molar refractivity (Wildman–Crippen MR) is 74.9 cm³/mol. The van der Waals surface area contributed by atoms with E-state index >= 15 is 0 Å². The number of carboxylic acid groups (broad SMARTS) is 1. The van der Waals surface area contributed by atoms with E-state index in [-0.39, 0.29) is 23.7 Å². The molecule has 1 heterocycles. The van der Waals surface area contributed by atoms with Crippen molar-refractivity contribution in [3.05, 3.63) is 17.0 Å². The zero-order chi connectivity index (χ0) is 15.3. The number of hydrogen-bond acceptors (Lipinski definition) is 5. The standard InChI is InChI=1S/C12H16N2O4S2/c1-3-14(8-9(2)7-13)20(17,18)12-5-4-10(19-12)6-11(15)16/h4-5,9H,3,6,8H2,1-2H3,(H,15,16). The quantitative estimate of drug-likeness (QED) is 0.823. The van der Waals surface area contributed by atoms with Gasteiger partial charge in [-0.25, -0.2) is 8.42 Å². The summed E-state index contributed by atoms with van der Waals surface area (Å²) in [5, 5.41) is 17.5. The second-order valence-corrected chi connectivity index (χ2v) is 7.61. The summed E-state index contributed by atoms with van der Waals surface area (Å²) in [6.45, 7) is 3.75. The number of hydrogen-bond donors (Lipinski definition) is 1. The topological polar surface area (TPSA) is 98.5 Å². The molecule has 0 aliphatic carbocycles. The number of sulfonamides is 1. The maximum Gasteiger partial charge on any atom is 0.308 e. The van der Waals surface area contributed by atoms with Crippen molar-refractivity contribution in [3.63, 3.8) is 0 Å². The van der Waals surface area contributed by atoms with E-state index in [1.807, 2.05) is 6.07 Å². The lowest BCUT2D eigenvalue weighted by molar-refractivity contribution is -0.136. The minimum atomic E-state index is -3.66. The molecule has 20 heavy (non-hydrogen) atoms. The summed E-state index contributed by atoms with van der Waals surface area (Å²) in [5.41, 5.74) is 0. The van der Waals surface area contributed by atoms with Crippen LogP contribution in [0.15, 0.2) is 16.3 Å². The Labute approximate surface area is 122 Å². The molecule has 0 saturated heterocycles. The fourth-order valence-corrected chi connectivity index (χ4v) is 4.65. The van der Waals surface area contributed by atoms with Gasteiger partial charge in [0.15, 0.2) is 0 Å². The van der Waals surface area contributed by atoms with E-state index in [1.165, 1.54) is 16.4 Å². The van der Waals surface area contributed by atoms with Gasteiger partial charge in [-0.1, -0.05) is 6.92 Å². The van der Waals surface area contributed by atoms with Crippen LogP contribution in [0.4, 0.5) is 0 Å². The van der Waals surface area contributed by atoms with E-state index in [2.05, 4.69) is 0 Å². The fourth-order valence-electron chi connectivity index (χ4n) is 1.61. The Hall–Kier alpha value is -1.43. The van der Waals surface area contributed by atoms with E-state index in [4.69, 9.17) is 10.4 Å². The largest absolute Gasteiger partial charge is 0.481 e. The number of nitrogens with zero attached hydrogens (tertiary/aromatic N) is 2. The molecule has 0 spiro atoms. The van der Waals surface area contributed by atoms with E-state index in [0.717, 1.165) is 11.3 Å². The molecular weight excluding hydrogens is 300 g/mol. The second-order valence-electron chi connectivity index (χ2n) is 4.28. The Kier molecular flexibility index (Phi) is 5.68. The van der Waals surface area contributed by atoms with Crippen molar-refractivity contribution in [1.82, 2.24) is 4.31 Å². The zero-order valence-electron chi connectivity index (χ0n) is 11.2. The lowest BCUT2D eigenvalue weighted by Crippen LogP contribution is -2.33. The number of thiophene rings is 1. The number of carbonyl (C=O) groups is 1. The molecule has 1 atom stereocenters. The molecule has 1 N–H and O–H groups in total. The van der Waals surface area contributed by atoms with Crippen LogP contribution in [0.2, 0.25) is 0 Å². The van der Waals surface area contributed by atoms with Crippen molar-refractivity contribution in [1.29, 1.82) is 5.26 Å². The maximum absolute atomic E-state index is 12.4. The molecule has 1 aromatic heterocycles. The Morgan fingerprint density at radius 3 is 2.70 bits per heavy atom. The van der Waals surface area contributed by atoms with Crippen LogP contribution in [0.25, 0.3) is 0 Å². The highest BCUT2D eigenvalue weighted by molar-refractivity contribution is 7.91. The monoisotopic (exact) mass is 316 g/mol. The zero-order valence-corrected chi connectivity index (χ0v) is 12.9. The number of nitriles is 1. The first kappa shape index (κ1) is 16.6. The van der Waals surface area contributed by atoms with Crippen molar-refractivity contribution in [2.75, 3.05) is 13.1 Å². The molecule has 0 bridgehead atoms. The molecule has 1 aromatic rings. The van der Waals surface area contributed by atoms with E-state index in [0.29, 0.717) is 4.88 Å². The van der Waals surface area contributed by atoms with Gasteiger partial charge in [-0.05, 0) is 19.1 Å². The molecule has 0 aliphatic rings. The highest BCUT2D eigenvalue weighted by atomic mass is 32.2. The number of aliphatic carboxylic acids is 1. The molecule has 0 saturated carbocycles. The third-order valence-corrected chi connectivity index (χ3v) is 6.10. The third-order valence-electron chi connectivity index (χ3n) is 2.61. The fraction of sp³-hybridized carbons (Fsp3) is 0.500. The number of rotatable bonds is 7. The molecule has 8 heteroatoms. The molecule has 1 unspecified atom stereocenters. The van der Waals surface area contributed by atoms with E-state index < -0.39 is 21.9 Å². The van der Waals surface area contributed by atoms with Gasteiger partial charge < -0.3 is 5.11 Å². The van der Waals surface area contributed by atoms with Crippen LogP contribution in [0.3, 0.4) is 0 Å². The molecular formula is C12H16N2O4S2. The van der Waals surface area contributed by atoms with Gasteiger partial charge in [0.2, 0.25) is 0 Å². The molecule has 1 rings (SSSR count). The first-order valence-electron chi connectivity index (χ1n) is 6.01. The molecule has 0 radical (unpaired) electrons. The van der Waals surface area contributed by atoms with Crippen LogP contribution in [-0.4, -0.2) is 36.9 Å². The summed E-state index contributed by atoms with van der Waals surface area (Å²) in [6.07, 6.45) is -0.194. The Morgan fingerprint density at radius 1 is 1.55 bits per heavy atom. The third kappa shape index (κ3) is 4.03. The minimum Gasteiger partial charge on any atom is -0.481 e. The van der Waals surface area contributed by atoms with Crippen LogP contribution >= 0.6 is 11.3 Å². The van der Waals surface area contributed by atoms with Crippen LogP contribution < -0.4 is 0 Å². The van der Waals surface area contributed by atoms with Crippen LogP contribution in [0, 0.1) is 17.2 Å². The summed E-state index contributed by atoms with van der Waals surface area (Å²) in [7, 11) is -3.66. The van der Waals surface area contributed by atoms with Crippen LogP contribution in [0.1, 0.15) is 18.7 Å². The summed E-state index contributed by atoms with van der Waals surface area (Å²) >= 11 is 0.953. The van der Waals surface area contributed by atoms with Crippen molar-refractivity contribution >= 4 is 27.3 Å². The lowest BCUT2D eigenvalue weighted by Gasteiger charge is -2.20. The van der Waals surface area contributed by atoms with Crippen molar-refractivity contribution in [2.24, 2.45) is 5.92 Å². The average molecular weight is 316 g/mol. The van der Waals surface area contributed by atoms with Gasteiger partial charge in [0.1, 0.15) is 4.21 Å². The molecule has 0 aliphatic heterocycles. The van der Waals surface area contributed by atoms with Crippen molar-refractivity contribution < 1.29 is 18.3 Å².